The van der Waals surface area contributed by atoms with E-state index in [2.05, 4.69) is 5.32 Å². The summed E-state index contributed by atoms with van der Waals surface area (Å²) >= 11 is 0. The van der Waals surface area contributed by atoms with E-state index < -0.39 is 34.1 Å². The van der Waals surface area contributed by atoms with Crippen LogP contribution in [0.15, 0.2) is 114 Å². The van der Waals surface area contributed by atoms with Gasteiger partial charge in [-0.15, -0.1) is 0 Å². The molecule has 0 fully saturated rings. The predicted molar refractivity (Wildman–Crippen MR) is 176 cm³/mol. The fourth-order valence-electron chi connectivity index (χ4n) is 5.05. The van der Waals surface area contributed by atoms with Crippen LogP contribution in [0.25, 0.3) is 0 Å². The van der Waals surface area contributed by atoms with Gasteiger partial charge >= 0.3 is 0 Å². The number of amides is 2. The van der Waals surface area contributed by atoms with Crippen molar-refractivity contribution < 1.29 is 18.0 Å². The number of nitrogens with one attached hydrogen (secondary N) is 1. The molecular weight excluding hydrogens is 570 g/mol. The second-order valence-electron chi connectivity index (χ2n) is 12.0. The maximum Gasteiger partial charge on any atom is 0.264 e. The first-order chi connectivity index (χ1) is 20.9. The van der Waals surface area contributed by atoms with Crippen LogP contribution in [0.1, 0.15) is 43.0 Å². The molecule has 0 bridgehead atoms. The highest BCUT2D eigenvalue weighted by atomic mass is 32.2. The number of carbonyl (C=O) groups excluding carboxylic acids is 2. The molecule has 7 nitrogen and oxygen atoms in total. The summed E-state index contributed by atoms with van der Waals surface area (Å²) in [5.41, 5.74) is 3.28. The number of hydrogen-bond acceptors (Lipinski definition) is 4. The van der Waals surface area contributed by atoms with Crippen LogP contribution in [-0.2, 0) is 32.6 Å². The Labute approximate surface area is 261 Å². The van der Waals surface area contributed by atoms with Crippen molar-refractivity contribution in [1.82, 2.24) is 10.2 Å². The van der Waals surface area contributed by atoms with Gasteiger partial charge in [-0.1, -0.05) is 91.0 Å². The van der Waals surface area contributed by atoms with Crippen molar-refractivity contribution in [3.8, 4) is 0 Å². The number of benzene rings is 4. The van der Waals surface area contributed by atoms with Crippen LogP contribution >= 0.6 is 0 Å². The lowest BCUT2D eigenvalue weighted by Crippen LogP contribution is -2.56. The first-order valence-corrected chi connectivity index (χ1v) is 16.1. The Morgan fingerprint density at radius 2 is 1.30 bits per heavy atom. The zero-order valence-electron chi connectivity index (χ0n) is 26.0. The van der Waals surface area contributed by atoms with Gasteiger partial charge in [0.1, 0.15) is 12.6 Å². The fraction of sp³-hybridized carbons (Fsp3) is 0.278. The van der Waals surface area contributed by atoms with E-state index in [0.29, 0.717) is 11.3 Å². The molecule has 0 aromatic heterocycles. The second kappa shape index (κ2) is 13.9. The first kappa shape index (κ1) is 32.5. The van der Waals surface area contributed by atoms with E-state index in [-0.39, 0.29) is 23.8 Å². The smallest absolute Gasteiger partial charge is 0.264 e. The predicted octanol–water partition coefficient (Wildman–Crippen LogP) is 6.05. The van der Waals surface area contributed by atoms with Gasteiger partial charge in [-0.2, -0.15) is 0 Å². The van der Waals surface area contributed by atoms with Gasteiger partial charge in [0.25, 0.3) is 10.0 Å². The van der Waals surface area contributed by atoms with Crippen molar-refractivity contribution in [3.63, 3.8) is 0 Å². The molecule has 4 rings (SSSR count). The van der Waals surface area contributed by atoms with E-state index in [0.717, 1.165) is 21.0 Å². The Kier molecular flexibility index (Phi) is 10.3. The zero-order valence-corrected chi connectivity index (χ0v) is 26.8. The first-order valence-electron chi connectivity index (χ1n) is 14.7. The third-order valence-corrected chi connectivity index (χ3v) is 9.14. The lowest BCUT2D eigenvalue weighted by molar-refractivity contribution is -0.140. The van der Waals surface area contributed by atoms with Crippen molar-refractivity contribution in [3.05, 3.63) is 131 Å². The lowest BCUT2D eigenvalue weighted by atomic mass is 10.00. The fourth-order valence-corrected chi connectivity index (χ4v) is 6.55. The molecule has 0 radical (unpaired) electrons. The highest BCUT2D eigenvalue weighted by Crippen LogP contribution is 2.28. The molecule has 0 spiro atoms. The zero-order chi connectivity index (χ0) is 31.9. The number of rotatable bonds is 11. The number of aryl methyl sites for hydroxylation is 2. The molecule has 0 aliphatic carbocycles. The van der Waals surface area contributed by atoms with Crippen molar-refractivity contribution in [2.24, 2.45) is 0 Å². The molecule has 0 unspecified atom stereocenters. The minimum atomic E-state index is -4.13. The van der Waals surface area contributed by atoms with Crippen LogP contribution < -0.4 is 9.62 Å². The third kappa shape index (κ3) is 8.14. The molecule has 0 saturated heterocycles. The Morgan fingerprint density at radius 1 is 0.750 bits per heavy atom. The van der Waals surface area contributed by atoms with Crippen LogP contribution in [0.4, 0.5) is 5.69 Å². The summed E-state index contributed by atoms with van der Waals surface area (Å²) in [4.78, 5) is 30.2. The highest BCUT2D eigenvalue weighted by molar-refractivity contribution is 7.92. The molecular formula is C36H41N3O4S. The van der Waals surface area contributed by atoms with E-state index in [1.165, 1.54) is 17.0 Å². The van der Waals surface area contributed by atoms with Crippen LogP contribution in [0.5, 0.6) is 0 Å². The molecule has 1 atom stereocenters. The van der Waals surface area contributed by atoms with E-state index in [4.69, 9.17) is 0 Å². The van der Waals surface area contributed by atoms with E-state index in [1.807, 2.05) is 101 Å². The Morgan fingerprint density at radius 3 is 1.89 bits per heavy atom. The number of anilines is 1. The highest BCUT2D eigenvalue weighted by Gasteiger charge is 2.36. The number of hydrogen-bond donors (Lipinski definition) is 1. The lowest BCUT2D eigenvalue weighted by Gasteiger charge is -2.35. The molecule has 8 heteroatoms. The Balaban J connectivity index is 1.83. The summed E-state index contributed by atoms with van der Waals surface area (Å²) < 4.78 is 29.4. The second-order valence-corrected chi connectivity index (χ2v) is 13.9. The summed E-state index contributed by atoms with van der Waals surface area (Å²) in [7, 11) is -4.13. The molecule has 0 aliphatic rings. The van der Waals surface area contributed by atoms with E-state index >= 15 is 0 Å². The topological polar surface area (TPSA) is 86.8 Å². The number of carbonyl (C=O) groups is 2. The molecule has 44 heavy (non-hydrogen) atoms. The molecule has 0 saturated carbocycles. The molecule has 2 amide bonds. The number of para-hydroxylation sites is 1. The SMILES string of the molecule is Cc1ccccc1CN(C(=O)CN(c1ccccc1C)S(=O)(=O)c1ccccc1)[C@H](Cc1ccccc1)C(=O)NC(C)(C)C. The number of sulfonamides is 1. The van der Waals surface area contributed by atoms with Crippen molar-refractivity contribution in [2.45, 2.75) is 64.1 Å². The summed E-state index contributed by atoms with van der Waals surface area (Å²) in [6.07, 6.45) is 0.260. The summed E-state index contributed by atoms with van der Waals surface area (Å²) in [5.74, 6) is -0.794. The molecule has 4 aromatic carbocycles. The van der Waals surface area contributed by atoms with Gasteiger partial charge in [-0.25, -0.2) is 8.42 Å². The van der Waals surface area contributed by atoms with E-state index in [9.17, 15) is 18.0 Å². The molecule has 0 heterocycles. The summed E-state index contributed by atoms with van der Waals surface area (Å²) in [5, 5.41) is 3.06. The van der Waals surface area contributed by atoms with Crippen molar-refractivity contribution >= 4 is 27.5 Å². The van der Waals surface area contributed by atoms with E-state index in [1.54, 1.807) is 30.3 Å². The van der Waals surface area contributed by atoms with Crippen LogP contribution in [0, 0.1) is 13.8 Å². The van der Waals surface area contributed by atoms with Gasteiger partial charge < -0.3 is 10.2 Å². The maximum atomic E-state index is 14.6. The maximum absolute atomic E-state index is 14.6. The van der Waals surface area contributed by atoms with Gasteiger partial charge in [0.05, 0.1) is 10.6 Å². The van der Waals surface area contributed by atoms with Gasteiger partial charge in [0, 0.05) is 18.5 Å². The molecule has 4 aromatic rings. The third-order valence-electron chi connectivity index (χ3n) is 7.37. The van der Waals surface area contributed by atoms with Crippen LogP contribution in [0.2, 0.25) is 0 Å². The van der Waals surface area contributed by atoms with Gasteiger partial charge in [-0.05, 0) is 75.1 Å². The minimum Gasteiger partial charge on any atom is -0.350 e. The number of nitrogens with zero attached hydrogens (tertiary/aromatic N) is 2. The Hall–Kier alpha value is -4.43. The average Bonchev–Trinajstić information content (AvgIpc) is 2.99. The van der Waals surface area contributed by atoms with Gasteiger partial charge in [-0.3, -0.25) is 13.9 Å². The Bertz CT molecular complexity index is 1680. The quantitative estimate of drug-likeness (QED) is 0.224. The van der Waals surface area contributed by atoms with Crippen molar-refractivity contribution in [1.29, 1.82) is 0 Å². The monoisotopic (exact) mass is 611 g/mol. The van der Waals surface area contributed by atoms with Crippen LogP contribution in [0.3, 0.4) is 0 Å². The standard InChI is InChI=1S/C36H41N3O4S/c1-27-16-12-14-20-30(27)25-38(33(35(41)37-36(3,4)5)24-29-18-8-6-9-19-29)34(40)26-39(32-23-15-13-17-28(32)2)44(42,43)31-21-10-7-11-22-31/h6-23,33H,24-26H2,1-5H3,(H,37,41)/t33-/m1/s1. The molecule has 230 valence electrons. The summed E-state index contributed by atoms with van der Waals surface area (Å²) in [6, 6.07) is 31.5. The molecule has 0 aliphatic heterocycles. The molecule has 1 N–H and O–H groups in total. The summed E-state index contributed by atoms with van der Waals surface area (Å²) in [6.45, 7) is 9.10. The van der Waals surface area contributed by atoms with Gasteiger partial charge in [0.15, 0.2) is 0 Å². The normalized spacial score (nSPS) is 12.3. The minimum absolute atomic E-state index is 0.0767. The largest absolute Gasteiger partial charge is 0.350 e. The van der Waals surface area contributed by atoms with Crippen LogP contribution in [-0.4, -0.2) is 43.3 Å². The van der Waals surface area contributed by atoms with Crippen molar-refractivity contribution in [2.75, 3.05) is 10.8 Å². The van der Waals surface area contributed by atoms with Gasteiger partial charge in [0.2, 0.25) is 11.8 Å². The average molecular weight is 612 g/mol.